The van der Waals surface area contributed by atoms with Gasteiger partial charge in [-0.3, -0.25) is 9.59 Å². The van der Waals surface area contributed by atoms with E-state index in [9.17, 15) is 9.59 Å². The molecule has 5 rings (SSSR count). The molecule has 0 amide bonds. The number of carbonyl (C=O) groups is 2. The third-order valence-electron chi connectivity index (χ3n) is 6.19. The quantitative estimate of drug-likeness (QED) is 0.309. The minimum Gasteiger partial charge on any atom is -0.399 e. The third-order valence-corrected chi connectivity index (χ3v) is 6.69. The van der Waals surface area contributed by atoms with Crippen LogP contribution in [0.25, 0.3) is 21.8 Å². The number of carbonyl (C=O) groups excluding carboxylic acids is 2. The number of rotatable bonds is 3. The van der Waals surface area contributed by atoms with Crippen LogP contribution in [0.5, 0.6) is 0 Å². The fourth-order valence-electron chi connectivity index (χ4n) is 3.60. The molecule has 0 saturated carbocycles. The Hall–Kier alpha value is -2.68. The van der Waals surface area contributed by atoms with E-state index in [1.54, 1.807) is 12.4 Å². The molecular formula is C24H24BBrN2O4. The van der Waals surface area contributed by atoms with Crippen LogP contribution in [0.4, 0.5) is 0 Å². The Labute approximate surface area is 194 Å². The molecule has 3 heterocycles. The molecule has 2 aromatic carbocycles. The lowest BCUT2D eigenvalue weighted by atomic mass is 9.78. The summed E-state index contributed by atoms with van der Waals surface area (Å²) in [6.45, 7) is 8.11. The number of halogens is 1. The Morgan fingerprint density at radius 1 is 0.812 bits per heavy atom. The predicted molar refractivity (Wildman–Crippen MR) is 131 cm³/mol. The van der Waals surface area contributed by atoms with Gasteiger partial charge in [0.15, 0.2) is 12.6 Å². The van der Waals surface area contributed by atoms with Gasteiger partial charge in [0.25, 0.3) is 0 Å². The lowest BCUT2D eigenvalue weighted by Gasteiger charge is -2.32. The largest absolute Gasteiger partial charge is 0.494 e. The zero-order valence-electron chi connectivity index (χ0n) is 18.4. The number of hydrogen-bond acceptors (Lipinski definition) is 4. The predicted octanol–water partition coefficient (Wildman–Crippen LogP) is 5.02. The maximum atomic E-state index is 11.0. The zero-order valence-corrected chi connectivity index (χ0v) is 19.9. The van der Waals surface area contributed by atoms with Gasteiger partial charge >= 0.3 is 7.12 Å². The molecule has 0 radical (unpaired) electrons. The number of hydrogen-bond donors (Lipinski definition) is 2. The van der Waals surface area contributed by atoms with Crippen LogP contribution in [-0.2, 0) is 9.31 Å². The van der Waals surface area contributed by atoms with Crippen molar-refractivity contribution in [3.05, 3.63) is 64.4 Å². The first kappa shape index (κ1) is 22.5. The van der Waals surface area contributed by atoms with E-state index in [1.807, 2.05) is 64.1 Å². The molecule has 164 valence electrons. The monoisotopic (exact) mass is 494 g/mol. The molecule has 8 heteroatoms. The molecule has 0 unspecified atom stereocenters. The number of fused-ring (bicyclic) bond motifs is 2. The van der Waals surface area contributed by atoms with Gasteiger partial charge in [0.1, 0.15) is 0 Å². The number of benzene rings is 2. The molecule has 1 saturated heterocycles. The van der Waals surface area contributed by atoms with Crippen LogP contribution in [-0.4, -0.2) is 40.9 Å². The van der Waals surface area contributed by atoms with Gasteiger partial charge in [-0.25, -0.2) is 0 Å². The number of nitrogens with one attached hydrogen (secondary N) is 2. The summed E-state index contributed by atoms with van der Waals surface area (Å²) in [5, 5.41) is 1.85. The van der Waals surface area contributed by atoms with E-state index in [1.165, 1.54) is 0 Å². The third kappa shape index (κ3) is 4.06. The van der Waals surface area contributed by atoms with Gasteiger partial charge in [0.2, 0.25) is 0 Å². The molecule has 2 aromatic heterocycles. The van der Waals surface area contributed by atoms with Gasteiger partial charge in [-0.2, -0.15) is 0 Å². The molecule has 32 heavy (non-hydrogen) atoms. The van der Waals surface area contributed by atoms with Crippen LogP contribution >= 0.6 is 15.9 Å². The minimum absolute atomic E-state index is 0.363. The van der Waals surface area contributed by atoms with E-state index in [0.29, 0.717) is 11.1 Å². The summed E-state index contributed by atoms with van der Waals surface area (Å²) in [5.41, 5.74) is 3.48. The van der Waals surface area contributed by atoms with Crippen molar-refractivity contribution in [2.24, 2.45) is 0 Å². The standard InChI is InChI=1S/C15H18BNO3.C9H6BrNO/c1-14(2)15(3,4)20-16(19-14)11-5-6-13-12(7-11)10(9-18)8-17-13;10-7-1-2-9-8(3-7)6(5-12)4-11-9/h5-9,17H,1-4H3;1-5,11H. The highest BCUT2D eigenvalue weighted by Gasteiger charge is 2.51. The van der Waals surface area contributed by atoms with Crippen molar-refractivity contribution in [2.75, 3.05) is 0 Å². The summed E-state index contributed by atoms with van der Waals surface area (Å²) >= 11 is 3.35. The van der Waals surface area contributed by atoms with Gasteiger partial charge in [-0.05, 0) is 57.4 Å². The van der Waals surface area contributed by atoms with E-state index >= 15 is 0 Å². The highest BCUT2D eigenvalue weighted by atomic mass is 79.9. The van der Waals surface area contributed by atoms with E-state index in [2.05, 4.69) is 25.9 Å². The normalized spacial score (nSPS) is 16.7. The Morgan fingerprint density at radius 3 is 1.84 bits per heavy atom. The Morgan fingerprint density at radius 2 is 1.31 bits per heavy atom. The molecule has 0 atom stereocenters. The van der Waals surface area contributed by atoms with Crippen LogP contribution in [0.15, 0.2) is 53.3 Å². The first-order valence-electron chi connectivity index (χ1n) is 10.3. The first-order chi connectivity index (χ1) is 15.1. The molecule has 0 aliphatic carbocycles. The lowest BCUT2D eigenvalue weighted by Crippen LogP contribution is -2.41. The molecule has 1 fully saturated rings. The minimum atomic E-state index is -0.404. The zero-order chi connectivity index (χ0) is 23.1. The van der Waals surface area contributed by atoms with Gasteiger partial charge in [-0.15, -0.1) is 0 Å². The average molecular weight is 495 g/mol. The number of aldehydes is 2. The van der Waals surface area contributed by atoms with Crippen molar-refractivity contribution in [1.82, 2.24) is 9.97 Å². The second kappa shape index (κ2) is 8.35. The summed E-state index contributed by atoms with van der Waals surface area (Å²) < 4.78 is 13.0. The Kier molecular flexibility index (Phi) is 5.88. The van der Waals surface area contributed by atoms with Gasteiger partial charge in [0.05, 0.1) is 11.2 Å². The molecule has 0 spiro atoms. The second-order valence-corrected chi connectivity index (χ2v) is 9.72. The van der Waals surface area contributed by atoms with Crippen LogP contribution in [0.1, 0.15) is 48.4 Å². The number of aromatic amines is 2. The maximum absolute atomic E-state index is 11.0. The van der Waals surface area contributed by atoms with E-state index in [0.717, 1.165) is 44.3 Å². The van der Waals surface area contributed by atoms with Crippen LogP contribution in [0.3, 0.4) is 0 Å². The molecular weight excluding hydrogens is 471 g/mol. The fraction of sp³-hybridized carbons (Fsp3) is 0.250. The highest BCUT2D eigenvalue weighted by molar-refractivity contribution is 9.10. The fourth-order valence-corrected chi connectivity index (χ4v) is 3.96. The van der Waals surface area contributed by atoms with Gasteiger partial charge in [0, 0.05) is 49.8 Å². The maximum Gasteiger partial charge on any atom is 0.494 e. The van der Waals surface area contributed by atoms with Gasteiger partial charge < -0.3 is 19.3 Å². The van der Waals surface area contributed by atoms with Crippen molar-refractivity contribution in [3.63, 3.8) is 0 Å². The summed E-state index contributed by atoms with van der Waals surface area (Å²) in [6, 6.07) is 11.7. The van der Waals surface area contributed by atoms with Crippen LogP contribution in [0, 0.1) is 0 Å². The van der Waals surface area contributed by atoms with Crippen LogP contribution in [0.2, 0.25) is 0 Å². The SMILES string of the molecule is CC1(C)OB(c2ccc3[nH]cc(C=O)c3c2)OC1(C)C.O=Cc1c[nH]c2ccc(Br)cc12. The van der Waals surface area contributed by atoms with E-state index in [-0.39, 0.29) is 11.2 Å². The van der Waals surface area contributed by atoms with Crippen molar-refractivity contribution in [3.8, 4) is 0 Å². The molecule has 4 aromatic rings. The smallest absolute Gasteiger partial charge is 0.399 e. The molecule has 6 nitrogen and oxygen atoms in total. The Balaban J connectivity index is 0.000000174. The Bertz CT molecular complexity index is 1290. The van der Waals surface area contributed by atoms with Crippen molar-refractivity contribution in [1.29, 1.82) is 0 Å². The summed E-state index contributed by atoms with van der Waals surface area (Å²) in [7, 11) is -0.404. The molecule has 1 aliphatic heterocycles. The van der Waals surface area contributed by atoms with Crippen molar-refractivity contribution < 1.29 is 18.9 Å². The van der Waals surface area contributed by atoms with Crippen molar-refractivity contribution >= 4 is 62.9 Å². The summed E-state index contributed by atoms with van der Waals surface area (Å²) in [6.07, 6.45) is 5.13. The second-order valence-electron chi connectivity index (χ2n) is 8.81. The molecule has 1 aliphatic rings. The number of H-pyrrole nitrogens is 2. The van der Waals surface area contributed by atoms with Crippen molar-refractivity contribution in [2.45, 2.75) is 38.9 Å². The van der Waals surface area contributed by atoms with E-state index in [4.69, 9.17) is 9.31 Å². The molecule has 2 N–H and O–H groups in total. The van der Waals surface area contributed by atoms with Crippen LogP contribution < -0.4 is 5.46 Å². The summed E-state index contributed by atoms with van der Waals surface area (Å²) in [4.78, 5) is 27.7. The first-order valence-corrected chi connectivity index (χ1v) is 11.1. The van der Waals surface area contributed by atoms with Gasteiger partial charge in [-0.1, -0.05) is 28.1 Å². The highest BCUT2D eigenvalue weighted by Crippen LogP contribution is 2.36. The average Bonchev–Trinajstić information content (AvgIpc) is 3.41. The van der Waals surface area contributed by atoms with E-state index < -0.39 is 7.12 Å². The molecule has 0 bridgehead atoms. The summed E-state index contributed by atoms with van der Waals surface area (Å²) in [5.74, 6) is 0. The lowest BCUT2D eigenvalue weighted by molar-refractivity contribution is 0.00578. The number of aromatic nitrogens is 2. The topological polar surface area (TPSA) is 84.2 Å².